The molecule has 4 fully saturated rings. The van der Waals surface area contributed by atoms with Crippen LogP contribution < -0.4 is 30.1 Å². The van der Waals surface area contributed by atoms with Gasteiger partial charge >= 0.3 is 16.2 Å². The second kappa shape index (κ2) is 17.2. The first kappa shape index (κ1) is 44.9. The number of nitriles is 1. The molecule has 66 heavy (non-hydrogen) atoms. The summed E-state index contributed by atoms with van der Waals surface area (Å²) in [5, 5.41) is 29.1. The van der Waals surface area contributed by atoms with E-state index in [9.17, 15) is 33.2 Å². The smallest absolute Gasteiger partial charge is 0.329 e. The zero-order chi connectivity index (χ0) is 46.7. The highest BCUT2D eigenvalue weighted by Crippen LogP contribution is 2.42. The first-order valence-electron chi connectivity index (χ1n) is 21.8. The van der Waals surface area contributed by atoms with Crippen LogP contribution in [0.4, 0.5) is 30.8 Å². The van der Waals surface area contributed by atoms with Crippen molar-refractivity contribution in [3.05, 3.63) is 76.3 Å². The fourth-order valence-electron chi connectivity index (χ4n) is 9.46. The van der Waals surface area contributed by atoms with Crippen LogP contribution in [-0.2, 0) is 26.8 Å². The van der Waals surface area contributed by atoms with Crippen molar-refractivity contribution in [2.75, 3.05) is 74.0 Å². The number of anilines is 3. The van der Waals surface area contributed by atoms with E-state index >= 15 is 8.78 Å². The number of imide groups is 1. The monoisotopic (exact) mass is 929 g/mol. The van der Waals surface area contributed by atoms with E-state index in [2.05, 4.69) is 25.0 Å². The lowest BCUT2D eigenvalue weighted by Crippen LogP contribution is -2.54. The number of hydrogen-bond donors (Lipinski definition) is 3. The molecule has 0 saturated carbocycles. The molecule has 0 unspecified atom stereocenters. The van der Waals surface area contributed by atoms with Crippen LogP contribution in [0, 0.1) is 23.0 Å². The zero-order valence-electron chi connectivity index (χ0n) is 36.6. The first-order valence-corrected chi connectivity index (χ1v) is 23.2. The number of urea groups is 1. The topological polar surface area (TPSA) is 220 Å². The Balaban J connectivity index is 0.822. The third kappa shape index (κ3) is 8.41. The Bertz CT molecular complexity index is 2980. The summed E-state index contributed by atoms with van der Waals surface area (Å²) in [5.74, 6) is -1.93. The molecule has 4 aliphatic rings. The highest BCUT2D eigenvalue weighted by molar-refractivity contribution is 7.90. The number of fused-ring (bicyclic) bond motifs is 2. The van der Waals surface area contributed by atoms with E-state index in [4.69, 9.17) is 9.47 Å². The molecular weight excluding hydrogens is 881 g/mol. The standard InChI is InChI=1S/C44H49F2N11O8S/c1-4-52(2)66(62,63)51-35-8-6-32(45)39(31(35)23-47)65-28-5-7-34-29(19-28)41(59)57(26-48-34)27-22-44(64-24-27)12-15-54(16-13-44)25-43(61)10-17-55(18-11-43)37-21-36-30(20-33(37)46)40(50-53(36)3)56-14-9-38(58)49-42(56)60/h5-8,19-21,26-27,51,61H,4,9-18,22,24-25H2,1-3H3,(H,49,58,60)/t27-/m1/s1. The van der Waals surface area contributed by atoms with Gasteiger partial charge in [-0.15, -0.1) is 0 Å². The van der Waals surface area contributed by atoms with Crippen LogP contribution >= 0.6 is 0 Å². The van der Waals surface area contributed by atoms with Gasteiger partial charge in [-0.2, -0.15) is 23.1 Å². The van der Waals surface area contributed by atoms with E-state index in [1.165, 1.54) is 41.0 Å². The number of ether oxygens (including phenoxy) is 2. The van der Waals surface area contributed by atoms with Gasteiger partial charge in [-0.05, 0) is 74.6 Å². The van der Waals surface area contributed by atoms with Crippen LogP contribution in [0.25, 0.3) is 21.8 Å². The molecule has 3 amide bonds. The summed E-state index contributed by atoms with van der Waals surface area (Å²) in [6.45, 7) is 4.86. The molecule has 4 saturated heterocycles. The van der Waals surface area contributed by atoms with Crippen molar-refractivity contribution in [1.29, 1.82) is 5.26 Å². The number of carbonyl (C=O) groups excluding carboxylic acids is 2. The molecule has 0 aliphatic carbocycles. The average Bonchev–Trinajstić information content (AvgIpc) is 3.85. The second-order valence-corrected chi connectivity index (χ2v) is 19.3. The lowest BCUT2D eigenvalue weighted by molar-refractivity contribution is -0.120. The van der Waals surface area contributed by atoms with Crippen molar-refractivity contribution >= 4 is 61.1 Å². The van der Waals surface area contributed by atoms with Crippen LogP contribution in [0.1, 0.15) is 57.1 Å². The average molecular weight is 930 g/mol. The fourth-order valence-corrected chi connectivity index (χ4v) is 10.4. The number of piperidine rings is 2. The van der Waals surface area contributed by atoms with Gasteiger partial charge in [0.1, 0.15) is 23.2 Å². The van der Waals surface area contributed by atoms with Gasteiger partial charge in [-0.1, -0.05) is 6.92 Å². The summed E-state index contributed by atoms with van der Waals surface area (Å²) in [4.78, 5) is 48.2. The quantitative estimate of drug-likeness (QED) is 0.170. The van der Waals surface area contributed by atoms with Gasteiger partial charge in [0.2, 0.25) is 5.91 Å². The maximum Gasteiger partial charge on any atom is 0.329 e. The van der Waals surface area contributed by atoms with Crippen molar-refractivity contribution in [2.45, 2.75) is 62.7 Å². The van der Waals surface area contributed by atoms with Gasteiger partial charge < -0.3 is 24.4 Å². The van der Waals surface area contributed by atoms with E-state index < -0.39 is 44.8 Å². The van der Waals surface area contributed by atoms with Crippen molar-refractivity contribution in [3.8, 4) is 17.6 Å². The number of likely N-dealkylation sites (tertiary alicyclic amines) is 1. The van der Waals surface area contributed by atoms with Crippen LogP contribution in [0.3, 0.4) is 0 Å². The molecule has 2 aromatic heterocycles. The first-order chi connectivity index (χ1) is 31.5. The third-order valence-electron chi connectivity index (χ3n) is 13.4. The Morgan fingerprint density at radius 3 is 2.50 bits per heavy atom. The third-order valence-corrected chi connectivity index (χ3v) is 15.0. The number of benzene rings is 3. The van der Waals surface area contributed by atoms with Gasteiger partial charge in [-0.3, -0.25) is 33.8 Å². The van der Waals surface area contributed by atoms with Crippen LogP contribution in [0.5, 0.6) is 11.5 Å². The summed E-state index contributed by atoms with van der Waals surface area (Å²) in [6, 6.07) is 10.6. The Morgan fingerprint density at radius 1 is 1.03 bits per heavy atom. The Hall–Kier alpha value is -6.25. The van der Waals surface area contributed by atoms with Crippen molar-refractivity contribution in [1.82, 2.24) is 33.9 Å². The number of amides is 3. The van der Waals surface area contributed by atoms with Gasteiger partial charge in [-0.25, -0.2) is 18.6 Å². The minimum Gasteiger partial charge on any atom is -0.453 e. The number of aliphatic hydroxyl groups is 1. The maximum absolute atomic E-state index is 15.8. The number of nitrogens with zero attached hydrogens (tertiary/aromatic N) is 9. The molecule has 22 heteroatoms. The molecule has 348 valence electrons. The van der Waals surface area contributed by atoms with Gasteiger partial charge in [0.25, 0.3) is 5.56 Å². The summed E-state index contributed by atoms with van der Waals surface area (Å²) in [6.07, 6.45) is 4.39. The summed E-state index contributed by atoms with van der Waals surface area (Å²) in [5.41, 5.74) is -0.980. The summed E-state index contributed by atoms with van der Waals surface area (Å²) in [7, 11) is -0.963. The summed E-state index contributed by atoms with van der Waals surface area (Å²) >= 11 is 0. The maximum atomic E-state index is 15.8. The normalized spacial score (nSPS) is 20.1. The van der Waals surface area contributed by atoms with Crippen molar-refractivity contribution in [2.24, 2.45) is 7.05 Å². The van der Waals surface area contributed by atoms with Gasteiger partial charge in [0, 0.05) is 71.7 Å². The Kier molecular flexibility index (Phi) is 11.7. The van der Waals surface area contributed by atoms with Crippen molar-refractivity contribution < 1.29 is 41.4 Å². The van der Waals surface area contributed by atoms with E-state index in [0.717, 1.165) is 16.4 Å². The molecular formula is C44H49F2N11O8S. The lowest BCUT2D eigenvalue weighted by Gasteiger charge is -2.45. The Morgan fingerprint density at radius 2 is 1.79 bits per heavy atom. The van der Waals surface area contributed by atoms with E-state index in [0.29, 0.717) is 86.9 Å². The fraction of sp³-hybridized carbons (Fsp3) is 0.455. The lowest BCUT2D eigenvalue weighted by atomic mass is 9.85. The number of halogens is 2. The molecule has 3 aromatic carbocycles. The molecule has 5 aromatic rings. The number of carbonyl (C=O) groups is 2. The Labute approximate surface area is 378 Å². The number of nitrogens with one attached hydrogen (secondary N) is 2. The summed E-state index contributed by atoms with van der Waals surface area (Å²) < 4.78 is 75.0. The second-order valence-electron chi connectivity index (χ2n) is 17.5. The van der Waals surface area contributed by atoms with E-state index in [1.54, 1.807) is 30.8 Å². The number of aromatic nitrogens is 4. The number of β-amino-alcohol motifs (C(OH)–C–C–N with tert-alkyl or cyclic N) is 1. The zero-order valence-corrected chi connectivity index (χ0v) is 37.4. The van der Waals surface area contributed by atoms with Crippen LogP contribution in [0.15, 0.2) is 53.6 Å². The molecule has 19 nitrogen and oxygen atoms in total. The predicted molar refractivity (Wildman–Crippen MR) is 239 cm³/mol. The van der Waals surface area contributed by atoms with E-state index in [1.807, 2.05) is 11.0 Å². The SMILES string of the molecule is CCN(C)S(=O)(=O)Nc1ccc(F)c(Oc2ccc3ncn([C@H]4COC5(CCN(CC6(O)CCN(c7cc8c(cc7F)c(N7CCC(=O)NC7=O)nn8C)CC6)CC5)C4)c(=O)c3c2)c1C#N. The molecule has 4 aliphatic heterocycles. The molecule has 6 heterocycles. The predicted octanol–water partition coefficient (Wildman–Crippen LogP) is 4.11. The molecule has 9 rings (SSSR count). The van der Waals surface area contributed by atoms with Gasteiger partial charge in [0.15, 0.2) is 17.4 Å². The molecule has 1 spiro atoms. The highest BCUT2D eigenvalue weighted by Gasteiger charge is 2.45. The number of rotatable bonds is 11. The molecule has 3 N–H and O–H groups in total. The number of hydrogen-bond acceptors (Lipinski definition) is 13. The number of aryl methyl sites for hydroxylation is 1. The van der Waals surface area contributed by atoms with Gasteiger partial charge in [0.05, 0.1) is 58.0 Å². The van der Waals surface area contributed by atoms with E-state index in [-0.39, 0.29) is 71.8 Å². The molecule has 0 bridgehead atoms. The van der Waals surface area contributed by atoms with Crippen LogP contribution in [-0.4, -0.2) is 125 Å². The van der Waals surface area contributed by atoms with Crippen molar-refractivity contribution in [3.63, 3.8) is 0 Å². The highest BCUT2D eigenvalue weighted by atomic mass is 32.2. The minimum absolute atomic E-state index is 0.0399. The molecule has 0 radical (unpaired) electrons. The molecule has 1 atom stereocenters. The van der Waals surface area contributed by atoms with Crippen LogP contribution in [0.2, 0.25) is 0 Å². The minimum atomic E-state index is -4.04. The largest absolute Gasteiger partial charge is 0.453 e.